The Morgan fingerprint density at radius 3 is 2.33 bits per heavy atom. The fourth-order valence-corrected chi connectivity index (χ4v) is 4.31. The number of halogens is 2. The number of benzene rings is 2. The summed E-state index contributed by atoms with van der Waals surface area (Å²) in [5.74, 6) is -1.76. The van der Waals surface area contributed by atoms with Crippen LogP contribution in [-0.2, 0) is 21.4 Å². The summed E-state index contributed by atoms with van der Waals surface area (Å²) >= 11 is 0. The van der Waals surface area contributed by atoms with E-state index in [9.17, 15) is 22.0 Å². The predicted molar refractivity (Wildman–Crippen MR) is 106 cm³/mol. The number of sulfonamides is 1. The fraction of sp³-hybridized carbons (Fsp3) is 0.250. The Morgan fingerprint density at radius 2 is 1.80 bits per heavy atom. The quantitative estimate of drug-likeness (QED) is 0.415. The van der Waals surface area contributed by atoms with Gasteiger partial charge in [-0.3, -0.25) is 10.0 Å². The SMILES string of the molecule is C=C(F)C[C@H](C(=O)NO)N(Cc1ccccc1)S(=O)(=O)c1ccc(OCC[18F])cc1. The van der Waals surface area contributed by atoms with Crippen LogP contribution < -0.4 is 10.2 Å². The molecule has 0 aliphatic carbocycles. The molecule has 7 nitrogen and oxygen atoms in total. The van der Waals surface area contributed by atoms with Crippen LogP contribution in [0.5, 0.6) is 5.75 Å². The molecule has 0 aliphatic heterocycles. The molecule has 0 radical (unpaired) electrons. The molecule has 0 saturated carbocycles. The van der Waals surface area contributed by atoms with Gasteiger partial charge in [0.25, 0.3) is 5.91 Å². The predicted octanol–water partition coefficient (Wildman–Crippen LogP) is 2.97. The molecule has 2 N–H and O–H groups in total. The molecule has 2 aromatic rings. The van der Waals surface area contributed by atoms with Crippen LogP contribution >= 0.6 is 0 Å². The minimum atomic E-state index is -4.31. The minimum Gasteiger partial charge on any atom is -0.491 e. The first kappa shape index (κ1) is 23.5. The third-order valence-electron chi connectivity index (χ3n) is 4.13. The van der Waals surface area contributed by atoms with Crippen molar-refractivity contribution in [2.75, 3.05) is 13.3 Å². The normalized spacial score (nSPS) is 12.4. The smallest absolute Gasteiger partial charge is 0.262 e. The van der Waals surface area contributed by atoms with E-state index in [1.165, 1.54) is 29.7 Å². The zero-order valence-electron chi connectivity index (χ0n) is 16.0. The van der Waals surface area contributed by atoms with Crippen LogP contribution in [0.25, 0.3) is 0 Å². The van der Waals surface area contributed by atoms with Crippen molar-refractivity contribution in [2.45, 2.75) is 23.9 Å². The van der Waals surface area contributed by atoms with Gasteiger partial charge in [0.1, 0.15) is 25.1 Å². The van der Waals surface area contributed by atoms with Gasteiger partial charge >= 0.3 is 0 Å². The second-order valence-corrected chi connectivity index (χ2v) is 8.15. The van der Waals surface area contributed by atoms with Crippen LogP contribution in [0.4, 0.5) is 8.78 Å². The molecule has 30 heavy (non-hydrogen) atoms. The molecule has 0 spiro atoms. The van der Waals surface area contributed by atoms with Crippen LogP contribution in [0.15, 0.2) is 71.9 Å². The summed E-state index contributed by atoms with van der Waals surface area (Å²) in [4.78, 5) is 12.0. The van der Waals surface area contributed by atoms with Crippen LogP contribution in [0.3, 0.4) is 0 Å². The lowest BCUT2D eigenvalue weighted by molar-refractivity contribution is -0.133. The number of hydrogen-bond acceptors (Lipinski definition) is 5. The Kier molecular flexibility index (Phi) is 8.46. The van der Waals surface area contributed by atoms with Crippen LogP contribution in [0.1, 0.15) is 12.0 Å². The summed E-state index contributed by atoms with van der Waals surface area (Å²) in [5, 5.41) is 9.07. The van der Waals surface area contributed by atoms with E-state index in [1.54, 1.807) is 30.3 Å². The maximum atomic E-state index is 13.6. The molecule has 0 aliphatic rings. The van der Waals surface area contributed by atoms with Gasteiger partial charge < -0.3 is 4.74 Å². The summed E-state index contributed by atoms with van der Waals surface area (Å²) < 4.78 is 58.3. The van der Waals surface area contributed by atoms with E-state index in [4.69, 9.17) is 9.94 Å². The van der Waals surface area contributed by atoms with Crippen LogP contribution in [0, 0.1) is 0 Å². The van der Waals surface area contributed by atoms with Gasteiger partial charge in [0.15, 0.2) is 0 Å². The Bertz CT molecular complexity index is 953. The number of nitrogens with zero attached hydrogens (tertiary/aromatic N) is 1. The lowest BCUT2D eigenvalue weighted by atomic mass is 10.1. The molecular weight excluding hydrogens is 417 g/mol. The summed E-state index contributed by atoms with van der Waals surface area (Å²) in [6.07, 6.45) is -0.643. The second kappa shape index (κ2) is 10.8. The standard InChI is InChI=1S/C20H22F2N2O5S/c1-15(22)13-19(20(25)23-26)24(14-16-5-3-2-4-6-16)30(27,28)18-9-7-17(8-10-18)29-12-11-21/h2-10,19,26H,1,11-14H2,(H,23,25)/t19-/m1/s1/i21-1. The largest absolute Gasteiger partial charge is 0.491 e. The highest BCUT2D eigenvalue weighted by atomic mass is 32.2. The van der Waals surface area contributed by atoms with Crippen molar-refractivity contribution in [3.05, 3.63) is 72.6 Å². The average molecular weight is 439 g/mol. The first-order valence-electron chi connectivity index (χ1n) is 8.91. The van der Waals surface area contributed by atoms with E-state index in [2.05, 4.69) is 6.58 Å². The van der Waals surface area contributed by atoms with Crippen LogP contribution in [0.2, 0.25) is 0 Å². The molecule has 0 bridgehead atoms. The Morgan fingerprint density at radius 1 is 1.17 bits per heavy atom. The van der Waals surface area contributed by atoms with Crippen molar-refractivity contribution in [2.24, 2.45) is 0 Å². The van der Waals surface area contributed by atoms with Crippen LogP contribution in [-0.4, -0.2) is 43.2 Å². The van der Waals surface area contributed by atoms with Gasteiger partial charge in [-0.25, -0.2) is 22.7 Å². The third-order valence-corrected chi connectivity index (χ3v) is 6.00. The Hall–Kier alpha value is -2.82. The molecule has 1 amide bonds. The van der Waals surface area contributed by atoms with Gasteiger partial charge in [0, 0.05) is 13.0 Å². The lowest BCUT2D eigenvalue weighted by Crippen LogP contribution is -2.48. The highest BCUT2D eigenvalue weighted by molar-refractivity contribution is 7.89. The number of amides is 1. The molecule has 10 heteroatoms. The molecule has 2 rings (SSSR count). The van der Waals surface area contributed by atoms with Gasteiger partial charge in [0.05, 0.1) is 10.7 Å². The average Bonchev–Trinajstić information content (AvgIpc) is 2.74. The molecule has 1 atom stereocenters. The van der Waals surface area contributed by atoms with Gasteiger partial charge in [0.2, 0.25) is 10.0 Å². The van der Waals surface area contributed by atoms with E-state index in [-0.39, 0.29) is 23.8 Å². The second-order valence-electron chi connectivity index (χ2n) is 6.26. The topological polar surface area (TPSA) is 95.9 Å². The van der Waals surface area contributed by atoms with Crippen molar-refractivity contribution in [1.82, 2.24) is 9.79 Å². The maximum absolute atomic E-state index is 13.6. The maximum Gasteiger partial charge on any atom is 0.262 e. The molecular formula is C20H22F2N2O5S. The number of ether oxygens (including phenoxy) is 1. The van der Waals surface area contributed by atoms with Crippen molar-refractivity contribution in [3.63, 3.8) is 0 Å². The van der Waals surface area contributed by atoms with Crippen molar-refractivity contribution >= 4 is 15.9 Å². The number of hydroxylamine groups is 1. The monoisotopic (exact) mass is 439 g/mol. The first-order valence-corrected chi connectivity index (χ1v) is 10.4. The summed E-state index contributed by atoms with van der Waals surface area (Å²) in [5.41, 5.74) is 1.93. The number of nitrogens with one attached hydrogen (secondary N) is 1. The van der Waals surface area contributed by atoms with Gasteiger partial charge in [-0.2, -0.15) is 4.31 Å². The molecule has 0 heterocycles. The Labute approximate surface area is 173 Å². The van der Waals surface area contributed by atoms with Gasteiger partial charge in [-0.05, 0) is 29.8 Å². The van der Waals surface area contributed by atoms with Gasteiger partial charge in [-0.1, -0.05) is 36.9 Å². The fourth-order valence-electron chi connectivity index (χ4n) is 2.74. The molecule has 0 unspecified atom stereocenters. The zero-order chi connectivity index (χ0) is 22.1. The minimum absolute atomic E-state index is 0.177. The number of carbonyl (C=O) groups excluding carboxylic acids is 1. The van der Waals surface area contributed by atoms with Gasteiger partial charge in [-0.15, -0.1) is 0 Å². The number of carbonyl (C=O) groups is 1. The highest BCUT2D eigenvalue weighted by Gasteiger charge is 2.36. The summed E-state index contributed by atoms with van der Waals surface area (Å²) in [6.45, 7) is 1.97. The first-order chi connectivity index (χ1) is 14.3. The number of alkyl halides is 1. The lowest BCUT2D eigenvalue weighted by Gasteiger charge is -2.29. The van der Waals surface area contributed by atoms with E-state index in [0.717, 1.165) is 4.31 Å². The Balaban J connectivity index is 2.47. The number of hydrogen-bond donors (Lipinski definition) is 2. The zero-order valence-corrected chi connectivity index (χ0v) is 16.8. The van der Waals surface area contributed by atoms with Crippen molar-refractivity contribution in [3.8, 4) is 5.75 Å². The third kappa shape index (κ3) is 6.09. The summed E-state index contributed by atoms with van der Waals surface area (Å²) in [7, 11) is -4.31. The number of rotatable bonds is 11. The van der Waals surface area contributed by atoms with Crippen molar-refractivity contribution < 1.29 is 31.9 Å². The highest BCUT2D eigenvalue weighted by Crippen LogP contribution is 2.26. The molecule has 2 aromatic carbocycles. The van der Waals surface area contributed by atoms with E-state index >= 15 is 0 Å². The molecule has 162 valence electrons. The molecule has 0 fully saturated rings. The summed E-state index contributed by atoms with van der Waals surface area (Å²) in [6, 6.07) is 12.0. The van der Waals surface area contributed by atoms with Crippen molar-refractivity contribution in [1.29, 1.82) is 0 Å². The van der Waals surface area contributed by atoms with E-state index in [0.29, 0.717) is 5.56 Å². The molecule has 0 aromatic heterocycles. The van der Waals surface area contributed by atoms with E-state index < -0.39 is 40.9 Å². The molecule has 0 saturated heterocycles. The van der Waals surface area contributed by atoms with E-state index in [1.807, 2.05) is 0 Å².